The fourth-order valence-electron chi connectivity index (χ4n) is 3.60. The molecular weight excluding hydrogens is 221 g/mol. The summed E-state index contributed by atoms with van der Waals surface area (Å²) in [6.45, 7) is -0.166. The Morgan fingerprint density at radius 1 is 1.50 bits per heavy atom. The maximum atomic E-state index is 10.8. The summed E-state index contributed by atoms with van der Waals surface area (Å²) in [5.41, 5.74) is -0.531. The average Bonchev–Trinajstić information content (AvgIpc) is 2.44. The molecule has 0 radical (unpaired) electrons. The van der Waals surface area contributed by atoms with Crippen molar-refractivity contribution in [1.29, 1.82) is 0 Å². The molecule has 3 unspecified atom stereocenters. The first-order valence-electron chi connectivity index (χ1n) is 5.37. The van der Waals surface area contributed by atoms with Crippen molar-refractivity contribution in [1.82, 2.24) is 0 Å². The van der Waals surface area contributed by atoms with E-state index in [0.29, 0.717) is 11.8 Å². The van der Waals surface area contributed by atoms with Crippen LogP contribution in [0.15, 0.2) is 0 Å². The summed E-state index contributed by atoms with van der Waals surface area (Å²) in [6.07, 6.45) is 3.92. The molecule has 0 aliphatic heterocycles. The van der Waals surface area contributed by atoms with Gasteiger partial charge in [0.05, 0.1) is 6.42 Å². The zero-order valence-electron chi connectivity index (χ0n) is 9.52. The van der Waals surface area contributed by atoms with E-state index in [1.54, 1.807) is 0 Å². The molecule has 5 nitrogen and oxygen atoms in total. The van der Waals surface area contributed by atoms with Crippen LogP contribution in [0, 0.1) is 27.4 Å². The molecule has 6 heteroatoms. The summed E-state index contributed by atoms with van der Waals surface area (Å²) in [4.78, 5) is 21.0. The predicted octanol–water partition coefficient (Wildman–Crippen LogP) is -1.45. The van der Waals surface area contributed by atoms with Gasteiger partial charge in [0, 0.05) is 10.3 Å². The van der Waals surface area contributed by atoms with Crippen LogP contribution in [0.2, 0.25) is 0 Å². The molecule has 0 saturated heterocycles. The van der Waals surface area contributed by atoms with Gasteiger partial charge in [-0.15, -0.1) is 0 Å². The quantitative estimate of drug-likeness (QED) is 0.368. The fraction of sp³-hybridized carbons (Fsp3) is 0.900. The third-order valence-corrected chi connectivity index (χ3v) is 4.06. The largest absolute Gasteiger partial charge is 1.00 e. The molecule has 3 atom stereocenters. The predicted molar refractivity (Wildman–Crippen MR) is 52.0 cm³/mol. The number of nitrogens with zero attached hydrogens (tertiary/aromatic N) is 1. The van der Waals surface area contributed by atoms with Crippen molar-refractivity contribution in [3.8, 4) is 0 Å². The minimum atomic E-state index is -0.901. The molecule has 84 valence electrons. The van der Waals surface area contributed by atoms with Crippen LogP contribution in [0.3, 0.4) is 0 Å². The smallest absolute Gasteiger partial charge is 0.481 e. The molecule has 0 spiro atoms. The van der Waals surface area contributed by atoms with Crippen molar-refractivity contribution in [2.24, 2.45) is 17.3 Å². The summed E-state index contributed by atoms with van der Waals surface area (Å²) in [5, 5.41) is 19.4. The van der Waals surface area contributed by atoms with Crippen LogP contribution in [0.25, 0.3) is 0 Å². The molecule has 2 rings (SSSR count). The average molecular weight is 236 g/mol. The maximum absolute atomic E-state index is 10.8. The Hall–Kier alpha value is -0.130. The van der Waals surface area contributed by atoms with Gasteiger partial charge in [0.15, 0.2) is 0 Å². The van der Waals surface area contributed by atoms with Crippen LogP contribution in [-0.4, -0.2) is 22.5 Å². The molecule has 2 saturated carbocycles. The Labute approximate surface area is 116 Å². The zero-order valence-corrected chi connectivity index (χ0v) is 11.5. The van der Waals surface area contributed by atoms with E-state index in [0.717, 1.165) is 25.7 Å². The molecule has 0 amide bonds. The van der Waals surface area contributed by atoms with Gasteiger partial charge in [0.1, 0.15) is 0 Å². The van der Waals surface area contributed by atoms with Crippen molar-refractivity contribution in [2.75, 3.05) is 6.54 Å². The van der Waals surface area contributed by atoms with Gasteiger partial charge in [0.25, 0.3) is 0 Å². The normalized spacial score (nSPS) is 35.8. The van der Waals surface area contributed by atoms with Crippen LogP contribution in [0.4, 0.5) is 0 Å². The fourth-order valence-corrected chi connectivity index (χ4v) is 3.60. The molecule has 0 bridgehead atoms. The zero-order chi connectivity index (χ0) is 11.1. The molecule has 0 aromatic carbocycles. The third-order valence-electron chi connectivity index (χ3n) is 4.06. The first kappa shape index (κ1) is 13.9. The van der Waals surface area contributed by atoms with Crippen molar-refractivity contribution < 1.29 is 44.4 Å². The summed E-state index contributed by atoms with van der Waals surface area (Å²) in [6, 6.07) is 0. The van der Waals surface area contributed by atoms with Gasteiger partial charge in [-0.3, -0.25) is 14.9 Å². The number of carbonyl (C=O) groups is 1. The van der Waals surface area contributed by atoms with Crippen LogP contribution in [-0.2, 0) is 4.79 Å². The monoisotopic (exact) mass is 236 g/mol. The standard InChI is InChI=1S/C10H15NO4.Na/c12-9(13)5-10(6-11(14)15)4-7-2-1-3-8(7)10;/h7-8H,1-6H2,(H,12,13);/q;+1. The number of aliphatic carboxylic acids is 1. The number of fused-ring (bicyclic) bond motifs is 1. The Kier molecular flexibility index (Phi) is 4.37. The summed E-state index contributed by atoms with van der Waals surface area (Å²) in [7, 11) is 0. The third kappa shape index (κ3) is 2.41. The van der Waals surface area contributed by atoms with Gasteiger partial charge in [0.2, 0.25) is 6.54 Å². The van der Waals surface area contributed by atoms with Crippen molar-refractivity contribution >= 4 is 5.97 Å². The van der Waals surface area contributed by atoms with Crippen LogP contribution in [0.1, 0.15) is 32.1 Å². The van der Waals surface area contributed by atoms with Crippen LogP contribution < -0.4 is 29.6 Å². The number of rotatable bonds is 4. The molecule has 2 fully saturated rings. The molecule has 0 aromatic heterocycles. The summed E-state index contributed by atoms with van der Waals surface area (Å²) < 4.78 is 0. The molecule has 0 heterocycles. The van der Waals surface area contributed by atoms with E-state index in [-0.39, 0.29) is 47.4 Å². The number of hydrogen-bond donors (Lipinski definition) is 1. The van der Waals surface area contributed by atoms with Gasteiger partial charge in [-0.2, -0.15) is 0 Å². The molecule has 2 aliphatic rings. The number of hydrogen-bond acceptors (Lipinski definition) is 3. The van der Waals surface area contributed by atoms with E-state index >= 15 is 0 Å². The second-order valence-corrected chi connectivity index (χ2v) is 4.93. The Morgan fingerprint density at radius 3 is 2.69 bits per heavy atom. The van der Waals surface area contributed by atoms with E-state index in [1.165, 1.54) is 0 Å². The van der Waals surface area contributed by atoms with Crippen molar-refractivity contribution in [2.45, 2.75) is 32.1 Å². The summed E-state index contributed by atoms with van der Waals surface area (Å²) in [5.74, 6) is -0.0505. The van der Waals surface area contributed by atoms with E-state index in [1.807, 2.05) is 0 Å². The van der Waals surface area contributed by atoms with E-state index in [2.05, 4.69) is 0 Å². The van der Waals surface area contributed by atoms with Gasteiger partial charge in [-0.25, -0.2) is 0 Å². The van der Waals surface area contributed by atoms with Gasteiger partial charge in [-0.1, -0.05) is 12.8 Å². The SMILES string of the molecule is O=C(O)CC1(C[N+](=O)[O-])CC2CCCC21.[Na+]. The molecule has 1 N–H and O–H groups in total. The van der Waals surface area contributed by atoms with Crippen LogP contribution >= 0.6 is 0 Å². The number of nitro groups is 1. The van der Waals surface area contributed by atoms with Crippen molar-refractivity contribution in [3.05, 3.63) is 10.1 Å². The second kappa shape index (κ2) is 5.02. The van der Waals surface area contributed by atoms with Gasteiger partial charge >= 0.3 is 35.5 Å². The first-order valence-corrected chi connectivity index (χ1v) is 5.37. The van der Waals surface area contributed by atoms with E-state index in [9.17, 15) is 14.9 Å². The maximum Gasteiger partial charge on any atom is 1.00 e. The number of carboxylic acids is 1. The van der Waals surface area contributed by atoms with Gasteiger partial charge < -0.3 is 5.11 Å². The number of carboxylic acid groups (broad SMARTS) is 1. The topological polar surface area (TPSA) is 80.4 Å². The summed E-state index contributed by atoms with van der Waals surface area (Å²) >= 11 is 0. The second-order valence-electron chi connectivity index (χ2n) is 4.93. The molecule has 16 heavy (non-hydrogen) atoms. The van der Waals surface area contributed by atoms with Crippen LogP contribution in [0.5, 0.6) is 0 Å². The van der Waals surface area contributed by atoms with E-state index in [4.69, 9.17) is 5.11 Å². The minimum absolute atomic E-state index is 0. The molecular formula is C10H15NNaO4+. The molecule has 2 aliphatic carbocycles. The van der Waals surface area contributed by atoms with Gasteiger partial charge in [-0.05, 0) is 24.7 Å². The Balaban J connectivity index is 0.00000128. The Bertz CT molecular complexity index is 291. The molecule has 0 aromatic rings. The van der Waals surface area contributed by atoms with E-state index < -0.39 is 11.4 Å². The Morgan fingerprint density at radius 2 is 2.19 bits per heavy atom. The minimum Gasteiger partial charge on any atom is -0.481 e. The first-order chi connectivity index (χ1) is 7.03. The van der Waals surface area contributed by atoms with Crippen molar-refractivity contribution in [3.63, 3.8) is 0 Å².